The number of aliphatic carboxylic acids is 1. The van der Waals surface area contributed by atoms with Crippen molar-refractivity contribution >= 4 is 27.6 Å². The smallest absolute Gasteiger partial charge is 0.305 e. The van der Waals surface area contributed by atoms with Gasteiger partial charge in [-0.25, -0.2) is 13.1 Å². The van der Waals surface area contributed by atoms with Crippen LogP contribution in [0.1, 0.15) is 24.9 Å². The SMILES string of the molecule is CCS(=O)(=O)NC(CC(=O)O)c1ccc(Cl)cc1. The summed E-state index contributed by atoms with van der Waals surface area (Å²) >= 11 is 5.73. The first-order chi connectivity index (χ1) is 8.34. The predicted octanol–water partition coefficient (Wildman–Crippen LogP) is 1.80. The highest BCUT2D eigenvalue weighted by Gasteiger charge is 2.20. The molecule has 0 aliphatic heterocycles. The maximum absolute atomic E-state index is 11.5. The van der Waals surface area contributed by atoms with Gasteiger partial charge < -0.3 is 5.11 Å². The van der Waals surface area contributed by atoms with E-state index in [1.165, 1.54) is 6.92 Å². The lowest BCUT2D eigenvalue weighted by Crippen LogP contribution is -2.31. The average molecular weight is 292 g/mol. The van der Waals surface area contributed by atoms with Crippen LogP contribution in [0.25, 0.3) is 0 Å². The number of sulfonamides is 1. The number of hydrogen-bond donors (Lipinski definition) is 2. The molecule has 1 rings (SSSR count). The highest BCUT2D eigenvalue weighted by atomic mass is 35.5. The molecule has 0 bridgehead atoms. The van der Waals surface area contributed by atoms with Gasteiger partial charge in [0.05, 0.1) is 18.2 Å². The van der Waals surface area contributed by atoms with E-state index >= 15 is 0 Å². The summed E-state index contributed by atoms with van der Waals surface area (Å²) in [7, 11) is -3.47. The van der Waals surface area contributed by atoms with Crippen molar-refractivity contribution in [1.82, 2.24) is 4.72 Å². The molecule has 0 spiro atoms. The Morgan fingerprint density at radius 3 is 2.39 bits per heavy atom. The molecule has 5 nitrogen and oxygen atoms in total. The zero-order valence-corrected chi connectivity index (χ0v) is 11.3. The summed E-state index contributed by atoms with van der Waals surface area (Å²) in [4.78, 5) is 10.8. The van der Waals surface area contributed by atoms with Crippen LogP contribution in [-0.4, -0.2) is 25.2 Å². The molecule has 7 heteroatoms. The summed E-state index contributed by atoms with van der Waals surface area (Å²) in [5.41, 5.74) is 0.568. The molecule has 1 aromatic carbocycles. The molecule has 0 heterocycles. The second-order valence-corrected chi connectivity index (χ2v) is 6.20. The lowest BCUT2D eigenvalue weighted by atomic mass is 10.1. The number of carbonyl (C=O) groups is 1. The van der Waals surface area contributed by atoms with Gasteiger partial charge in [0.1, 0.15) is 0 Å². The summed E-state index contributed by atoms with van der Waals surface area (Å²) < 4.78 is 25.4. The summed E-state index contributed by atoms with van der Waals surface area (Å²) in [6.07, 6.45) is -0.319. The quantitative estimate of drug-likeness (QED) is 0.837. The lowest BCUT2D eigenvalue weighted by molar-refractivity contribution is -0.137. The molecule has 0 aliphatic rings. The second-order valence-electron chi connectivity index (χ2n) is 3.72. The van der Waals surface area contributed by atoms with Gasteiger partial charge in [-0.15, -0.1) is 0 Å². The van der Waals surface area contributed by atoms with Gasteiger partial charge in [-0.1, -0.05) is 23.7 Å². The van der Waals surface area contributed by atoms with E-state index in [2.05, 4.69) is 4.72 Å². The molecule has 0 radical (unpaired) electrons. The number of rotatable bonds is 6. The van der Waals surface area contributed by atoms with Crippen LogP contribution >= 0.6 is 11.6 Å². The topological polar surface area (TPSA) is 83.5 Å². The van der Waals surface area contributed by atoms with Crippen molar-refractivity contribution in [2.24, 2.45) is 0 Å². The summed E-state index contributed by atoms with van der Waals surface area (Å²) in [5.74, 6) is -1.18. The fraction of sp³-hybridized carbons (Fsp3) is 0.364. The van der Waals surface area contributed by atoms with Gasteiger partial charge in [0.25, 0.3) is 0 Å². The molecule has 100 valence electrons. The van der Waals surface area contributed by atoms with Crippen molar-refractivity contribution in [3.05, 3.63) is 34.9 Å². The average Bonchev–Trinajstić information content (AvgIpc) is 2.28. The lowest BCUT2D eigenvalue weighted by Gasteiger charge is -2.16. The Kier molecular flexibility index (Phi) is 5.13. The Morgan fingerprint density at radius 2 is 1.94 bits per heavy atom. The van der Waals surface area contributed by atoms with Crippen LogP contribution in [0.3, 0.4) is 0 Å². The van der Waals surface area contributed by atoms with Gasteiger partial charge in [0, 0.05) is 5.02 Å². The predicted molar refractivity (Wildman–Crippen MR) is 69.0 cm³/mol. The number of carboxylic acid groups (broad SMARTS) is 1. The minimum absolute atomic E-state index is 0.100. The van der Waals surface area contributed by atoms with Crippen LogP contribution in [0.15, 0.2) is 24.3 Å². The normalized spacial score (nSPS) is 13.2. The first-order valence-electron chi connectivity index (χ1n) is 5.31. The van der Waals surface area contributed by atoms with Gasteiger partial charge in [-0.2, -0.15) is 0 Å². The summed E-state index contributed by atoms with van der Waals surface area (Å²) in [6, 6.07) is 5.60. The van der Waals surface area contributed by atoms with E-state index in [1.54, 1.807) is 24.3 Å². The number of hydrogen-bond acceptors (Lipinski definition) is 3. The molecule has 2 N–H and O–H groups in total. The molecule has 1 aromatic rings. The van der Waals surface area contributed by atoms with E-state index in [-0.39, 0.29) is 12.2 Å². The van der Waals surface area contributed by atoms with Crippen molar-refractivity contribution in [1.29, 1.82) is 0 Å². The van der Waals surface area contributed by atoms with E-state index in [4.69, 9.17) is 16.7 Å². The van der Waals surface area contributed by atoms with Crippen LogP contribution in [0, 0.1) is 0 Å². The van der Waals surface area contributed by atoms with Gasteiger partial charge in [0.2, 0.25) is 10.0 Å². The fourth-order valence-corrected chi connectivity index (χ4v) is 2.34. The maximum atomic E-state index is 11.5. The van der Waals surface area contributed by atoms with E-state index in [0.717, 1.165) is 0 Å². The Balaban J connectivity index is 2.98. The fourth-order valence-electron chi connectivity index (χ4n) is 1.40. The van der Waals surface area contributed by atoms with Crippen LogP contribution in [0.5, 0.6) is 0 Å². The molecular weight excluding hydrogens is 278 g/mol. The number of carboxylic acids is 1. The molecule has 0 fully saturated rings. The first-order valence-corrected chi connectivity index (χ1v) is 7.34. The van der Waals surface area contributed by atoms with Crippen molar-refractivity contribution < 1.29 is 18.3 Å². The molecular formula is C11H14ClNO4S. The second kappa shape index (κ2) is 6.17. The van der Waals surface area contributed by atoms with Crippen molar-refractivity contribution in [3.8, 4) is 0 Å². The van der Waals surface area contributed by atoms with Crippen LogP contribution in [0.2, 0.25) is 5.02 Å². The Morgan fingerprint density at radius 1 is 1.39 bits per heavy atom. The molecule has 0 saturated carbocycles. The zero-order chi connectivity index (χ0) is 13.8. The first kappa shape index (κ1) is 14.9. The third-order valence-corrected chi connectivity index (χ3v) is 4.01. The Labute approximate surface area is 111 Å². The van der Waals surface area contributed by atoms with Crippen LogP contribution < -0.4 is 4.72 Å². The number of halogens is 1. The molecule has 0 aromatic heterocycles. The molecule has 1 unspecified atom stereocenters. The highest BCUT2D eigenvalue weighted by molar-refractivity contribution is 7.89. The van der Waals surface area contributed by atoms with E-state index in [9.17, 15) is 13.2 Å². The highest BCUT2D eigenvalue weighted by Crippen LogP contribution is 2.20. The number of benzene rings is 1. The van der Waals surface area contributed by atoms with Crippen molar-refractivity contribution in [3.63, 3.8) is 0 Å². The van der Waals surface area contributed by atoms with E-state index < -0.39 is 22.0 Å². The largest absolute Gasteiger partial charge is 0.481 e. The summed E-state index contributed by atoms with van der Waals surface area (Å²) in [6.45, 7) is 1.49. The monoisotopic (exact) mass is 291 g/mol. The van der Waals surface area contributed by atoms with Crippen LogP contribution in [0.4, 0.5) is 0 Å². The third-order valence-electron chi connectivity index (χ3n) is 2.35. The van der Waals surface area contributed by atoms with Gasteiger partial charge in [-0.05, 0) is 24.6 Å². The van der Waals surface area contributed by atoms with Gasteiger partial charge >= 0.3 is 5.97 Å². The van der Waals surface area contributed by atoms with Crippen molar-refractivity contribution in [2.75, 3.05) is 5.75 Å². The summed E-state index contributed by atoms with van der Waals surface area (Å²) in [5, 5.41) is 9.31. The van der Waals surface area contributed by atoms with Gasteiger partial charge in [0.15, 0.2) is 0 Å². The number of nitrogens with one attached hydrogen (secondary N) is 1. The Hall–Kier alpha value is -1.11. The van der Waals surface area contributed by atoms with E-state index in [1.807, 2.05) is 0 Å². The minimum Gasteiger partial charge on any atom is -0.481 e. The third kappa shape index (κ3) is 4.64. The molecule has 0 aliphatic carbocycles. The molecule has 0 saturated heterocycles. The molecule has 18 heavy (non-hydrogen) atoms. The molecule has 1 atom stereocenters. The van der Waals surface area contributed by atoms with Gasteiger partial charge in [-0.3, -0.25) is 4.79 Å². The van der Waals surface area contributed by atoms with Crippen LogP contribution in [-0.2, 0) is 14.8 Å². The molecule has 0 amide bonds. The van der Waals surface area contributed by atoms with E-state index in [0.29, 0.717) is 10.6 Å². The maximum Gasteiger partial charge on any atom is 0.305 e. The zero-order valence-electron chi connectivity index (χ0n) is 9.76. The Bertz CT molecular complexity index is 512. The standard InChI is InChI=1S/C11H14ClNO4S/c1-2-18(16,17)13-10(7-11(14)15)8-3-5-9(12)6-4-8/h3-6,10,13H,2,7H2,1H3,(H,14,15). The van der Waals surface area contributed by atoms with Crippen molar-refractivity contribution in [2.45, 2.75) is 19.4 Å². The minimum atomic E-state index is -3.47.